The maximum absolute atomic E-state index is 13.6. The minimum absolute atomic E-state index is 0.0941. The van der Waals surface area contributed by atoms with Crippen LogP contribution in [0.1, 0.15) is 87.0 Å². The summed E-state index contributed by atoms with van der Waals surface area (Å²) in [5.41, 5.74) is 5.97. The van der Waals surface area contributed by atoms with Crippen molar-refractivity contribution >= 4 is 23.4 Å². The number of nitrogens with one attached hydrogen (secondary N) is 1. The van der Waals surface area contributed by atoms with E-state index < -0.39 is 0 Å². The average molecular weight is 561 g/mol. The molecular formula is C32H37ClN4O3. The maximum atomic E-state index is 13.6. The first-order chi connectivity index (χ1) is 19.3. The quantitative estimate of drug-likeness (QED) is 0.421. The Labute approximate surface area is 240 Å². The molecule has 210 valence electrons. The Bertz CT molecular complexity index is 1400. The van der Waals surface area contributed by atoms with Crippen LogP contribution in [0.5, 0.6) is 0 Å². The number of carbonyl (C=O) groups is 2. The highest BCUT2D eigenvalue weighted by atomic mass is 35.5. The lowest BCUT2D eigenvalue weighted by molar-refractivity contribution is 0.0284. The molecule has 0 saturated carbocycles. The predicted octanol–water partition coefficient (Wildman–Crippen LogP) is 5.88. The van der Waals surface area contributed by atoms with Gasteiger partial charge in [-0.2, -0.15) is 0 Å². The molecule has 3 heterocycles. The van der Waals surface area contributed by atoms with Crippen molar-refractivity contribution in [3.05, 3.63) is 86.8 Å². The zero-order valence-electron chi connectivity index (χ0n) is 23.3. The molecule has 1 atom stereocenters. The van der Waals surface area contributed by atoms with Gasteiger partial charge in [0.15, 0.2) is 0 Å². The van der Waals surface area contributed by atoms with E-state index in [1.54, 1.807) is 12.1 Å². The standard InChI is InChI=1S/C32H37ClN4O3/c1-21-27(22(2)40-35-21)20-36-15-11-32(12-16-36)13-17-37(18-14-32)31(39)24-8-7-23-9-10-29(26(23)19-24)34-30(38)25-5-3-4-6-28(25)33/h3-8,19,29H,9-18,20H2,1-2H3,(H,34,38). The summed E-state index contributed by atoms with van der Waals surface area (Å²) in [5, 5.41) is 7.68. The van der Waals surface area contributed by atoms with Crippen LogP contribution in [0.15, 0.2) is 47.0 Å². The number of likely N-dealkylation sites (tertiary alicyclic amines) is 2. The molecule has 3 aliphatic rings. The van der Waals surface area contributed by atoms with Gasteiger partial charge in [-0.1, -0.05) is 35.0 Å². The third-order valence-electron chi connectivity index (χ3n) is 9.49. The second-order valence-corrected chi connectivity index (χ2v) is 12.2. The fourth-order valence-electron chi connectivity index (χ4n) is 6.77. The second-order valence-electron chi connectivity index (χ2n) is 11.8. The zero-order valence-corrected chi connectivity index (χ0v) is 24.1. The third-order valence-corrected chi connectivity index (χ3v) is 9.81. The van der Waals surface area contributed by atoms with E-state index in [9.17, 15) is 9.59 Å². The van der Waals surface area contributed by atoms with Crippen LogP contribution in [0.3, 0.4) is 0 Å². The fourth-order valence-corrected chi connectivity index (χ4v) is 6.99. The summed E-state index contributed by atoms with van der Waals surface area (Å²) >= 11 is 6.24. The number of piperidine rings is 2. The SMILES string of the molecule is Cc1noc(C)c1CN1CCC2(CC1)CCN(C(=O)c1ccc3c(c1)C(NC(=O)c1ccccc1Cl)CC3)CC2. The van der Waals surface area contributed by atoms with Crippen LogP contribution in [0.4, 0.5) is 0 Å². The van der Waals surface area contributed by atoms with Gasteiger partial charge in [-0.05, 0) is 106 Å². The fraction of sp³-hybridized carbons (Fsp3) is 0.469. The van der Waals surface area contributed by atoms with Crippen LogP contribution in [-0.4, -0.2) is 52.9 Å². The molecule has 40 heavy (non-hydrogen) atoms. The molecule has 2 saturated heterocycles. The number of nitrogens with zero attached hydrogens (tertiary/aromatic N) is 3. The van der Waals surface area contributed by atoms with Crippen LogP contribution in [0.2, 0.25) is 5.02 Å². The van der Waals surface area contributed by atoms with Crippen LogP contribution in [-0.2, 0) is 13.0 Å². The van der Waals surface area contributed by atoms with Gasteiger partial charge in [-0.3, -0.25) is 14.5 Å². The van der Waals surface area contributed by atoms with E-state index in [-0.39, 0.29) is 17.9 Å². The summed E-state index contributed by atoms with van der Waals surface area (Å²) in [7, 11) is 0. The molecule has 1 N–H and O–H groups in total. The van der Waals surface area contributed by atoms with Crippen LogP contribution in [0, 0.1) is 19.3 Å². The number of hydrogen-bond donors (Lipinski definition) is 1. The largest absolute Gasteiger partial charge is 0.361 e. The molecule has 1 spiro atoms. The lowest BCUT2D eigenvalue weighted by Gasteiger charge is -2.47. The number of amides is 2. The highest BCUT2D eigenvalue weighted by Gasteiger charge is 2.39. The Morgan fingerprint density at radius 3 is 2.48 bits per heavy atom. The predicted molar refractivity (Wildman–Crippen MR) is 154 cm³/mol. The van der Waals surface area contributed by atoms with Crippen molar-refractivity contribution in [2.45, 2.75) is 65.0 Å². The lowest BCUT2D eigenvalue weighted by atomic mass is 9.71. The summed E-state index contributed by atoms with van der Waals surface area (Å²) in [6, 6.07) is 13.0. The van der Waals surface area contributed by atoms with E-state index in [2.05, 4.69) is 21.4 Å². The minimum atomic E-state index is -0.181. The summed E-state index contributed by atoms with van der Waals surface area (Å²) in [6.07, 6.45) is 6.16. The van der Waals surface area contributed by atoms with Gasteiger partial charge in [-0.25, -0.2) is 0 Å². The summed E-state index contributed by atoms with van der Waals surface area (Å²) < 4.78 is 5.35. The van der Waals surface area contributed by atoms with Crippen LogP contribution in [0.25, 0.3) is 0 Å². The number of fused-ring (bicyclic) bond motifs is 1. The molecule has 6 rings (SSSR count). The van der Waals surface area contributed by atoms with Crippen LogP contribution >= 0.6 is 11.6 Å². The van der Waals surface area contributed by atoms with Gasteiger partial charge in [0.25, 0.3) is 11.8 Å². The van der Waals surface area contributed by atoms with E-state index in [0.29, 0.717) is 21.6 Å². The van der Waals surface area contributed by atoms with E-state index in [0.717, 1.165) is 75.4 Å². The minimum Gasteiger partial charge on any atom is -0.361 e. The van der Waals surface area contributed by atoms with Gasteiger partial charge in [0.1, 0.15) is 5.76 Å². The number of hydrogen-bond acceptors (Lipinski definition) is 5. The van der Waals surface area contributed by atoms with Crippen LogP contribution < -0.4 is 5.32 Å². The van der Waals surface area contributed by atoms with Crippen molar-refractivity contribution in [2.24, 2.45) is 5.41 Å². The molecular weight excluding hydrogens is 524 g/mol. The Kier molecular flexibility index (Phi) is 7.44. The molecule has 7 nitrogen and oxygen atoms in total. The Balaban J connectivity index is 1.05. The van der Waals surface area contributed by atoms with E-state index in [4.69, 9.17) is 16.1 Å². The van der Waals surface area contributed by atoms with Crippen molar-refractivity contribution in [3.8, 4) is 0 Å². The number of halogens is 1. The monoisotopic (exact) mass is 560 g/mol. The summed E-state index contributed by atoms with van der Waals surface area (Å²) in [6.45, 7) is 8.65. The van der Waals surface area contributed by atoms with Crippen molar-refractivity contribution in [1.82, 2.24) is 20.3 Å². The third kappa shape index (κ3) is 5.29. The maximum Gasteiger partial charge on any atom is 0.253 e. The van der Waals surface area contributed by atoms with Gasteiger partial charge in [0, 0.05) is 30.8 Å². The topological polar surface area (TPSA) is 78.7 Å². The normalized spacial score (nSPS) is 20.5. The van der Waals surface area contributed by atoms with Crippen molar-refractivity contribution in [2.75, 3.05) is 26.2 Å². The lowest BCUT2D eigenvalue weighted by Crippen LogP contribution is -2.48. The zero-order chi connectivity index (χ0) is 27.9. The highest BCUT2D eigenvalue weighted by Crippen LogP contribution is 2.42. The molecule has 2 fully saturated rings. The number of rotatable bonds is 5. The van der Waals surface area contributed by atoms with Crippen molar-refractivity contribution < 1.29 is 14.1 Å². The van der Waals surface area contributed by atoms with Gasteiger partial charge in [-0.15, -0.1) is 0 Å². The van der Waals surface area contributed by atoms with E-state index in [1.807, 2.05) is 43.0 Å². The number of benzene rings is 2. The summed E-state index contributed by atoms with van der Waals surface area (Å²) in [4.78, 5) is 31.0. The molecule has 2 aromatic carbocycles. The Morgan fingerprint density at radius 1 is 1.05 bits per heavy atom. The van der Waals surface area contributed by atoms with Gasteiger partial charge < -0.3 is 14.7 Å². The second kappa shape index (κ2) is 11.0. The molecule has 1 aliphatic carbocycles. The van der Waals surface area contributed by atoms with Gasteiger partial charge in [0.2, 0.25) is 0 Å². The first-order valence-corrected chi connectivity index (χ1v) is 14.8. The molecule has 3 aromatic rings. The molecule has 1 unspecified atom stereocenters. The number of carbonyl (C=O) groups excluding carboxylic acids is 2. The summed E-state index contributed by atoms with van der Waals surface area (Å²) in [5.74, 6) is 0.835. The molecule has 2 aliphatic heterocycles. The van der Waals surface area contributed by atoms with Crippen molar-refractivity contribution in [3.63, 3.8) is 0 Å². The van der Waals surface area contributed by atoms with E-state index >= 15 is 0 Å². The molecule has 1 aromatic heterocycles. The first-order valence-electron chi connectivity index (χ1n) is 14.4. The Morgan fingerprint density at radius 2 is 1.77 bits per heavy atom. The smallest absolute Gasteiger partial charge is 0.253 e. The first kappa shape index (κ1) is 27.0. The van der Waals surface area contributed by atoms with E-state index in [1.165, 1.54) is 24.0 Å². The molecule has 2 amide bonds. The van der Waals surface area contributed by atoms with Crippen molar-refractivity contribution in [1.29, 1.82) is 0 Å². The highest BCUT2D eigenvalue weighted by molar-refractivity contribution is 6.33. The molecule has 8 heteroatoms. The number of aromatic nitrogens is 1. The molecule has 0 bridgehead atoms. The van der Waals surface area contributed by atoms with Gasteiger partial charge >= 0.3 is 0 Å². The molecule has 0 radical (unpaired) electrons. The average Bonchev–Trinajstić information content (AvgIpc) is 3.51. The Hall–Kier alpha value is -3.16. The number of aryl methyl sites for hydroxylation is 3. The van der Waals surface area contributed by atoms with Gasteiger partial charge in [0.05, 0.1) is 22.3 Å².